The Morgan fingerprint density at radius 3 is 2.82 bits per heavy atom. The molecule has 1 aliphatic heterocycles. The third kappa shape index (κ3) is 1.41. The molecular formula is C13H11NO3. The number of pyridine rings is 1. The van der Waals surface area contributed by atoms with E-state index in [1.165, 1.54) is 0 Å². The molecule has 0 bridgehead atoms. The lowest BCUT2D eigenvalue weighted by Gasteiger charge is -2.32. The molecule has 1 fully saturated rings. The highest BCUT2D eigenvalue weighted by atomic mass is 16.6. The minimum Gasteiger partial charge on any atom is -0.450 e. The molecule has 1 aliphatic carbocycles. The summed E-state index contributed by atoms with van der Waals surface area (Å²) in [6, 6.07) is 1.69. The third-order valence-electron chi connectivity index (χ3n) is 3.63. The van der Waals surface area contributed by atoms with Gasteiger partial charge < -0.3 is 4.74 Å². The molecule has 0 amide bonds. The molecule has 2 heterocycles. The zero-order chi connectivity index (χ0) is 11.9. The number of carbonyl (C=O) groups excluding carboxylic acids is 2. The van der Waals surface area contributed by atoms with Gasteiger partial charge in [-0.15, -0.1) is 0 Å². The standard InChI is InChI=1S/C13H11NO3/c15-8-9-1-4-13(5-2-9)11-7-14-6-3-10(11)12(16)17-13/h3,6-7H,1-2,4-5H2. The second-order valence-corrected chi connectivity index (χ2v) is 4.51. The van der Waals surface area contributed by atoms with Gasteiger partial charge in [-0.05, 0) is 31.7 Å². The molecule has 0 unspecified atom stereocenters. The fourth-order valence-corrected chi connectivity index (χ4v) is 2.65. The molecular weight excluding hydrogens is 218 g/mol. The monoisotopic (exact) mass is 229 g/mol. The highest BCUT2D eigenvalue weighted by Gasteiger charge is 2.47. The zero-order valence-corrected chi connectivity index (χ0v) is 9.23. The zero-order valence-electron chi connectivity index (χ0n) is 9.23. The average Bonchev–Trinajstić information content (AvgIpc) is 2.65. The molecule has 4 heteroatoms. The number of esters is 1. The summed E-state index contributed by atoms with van der Waals surface area (Å²) >= 11 is 0. The summed E-state index contributed by atoms with van der Waals surface area (Å²) in [4.78, 5) is 26.4. The van der Waals surface area contributed by atoms with E-state index in [-0.39, 0.29) is 5.97 Å². The van der Waals surface area contributed by atoms with Crippen molar-refractivity contribution in [1.82, 2.24) is 4.98 Å². The highest BCUT2D eigenvalue weighted by molar-refractivity contribution is 5.94. The number of rotatable bonds is 0. The van der Waals surface area contributed by atoms with Gasteiger partial charge in [-0.3, -0.25) is 4.98 Å². The first kappa shape index (κ1) is 10.2. The normalized spacial score (nSPS) is 26.6. The van der Waals surface area contributed by atoms with E-state index in [9.17, 15) is 9.59 Å². The maximum absolute atomic E-state index is 11.8. The minimum atomic E-state index is -0.555. The number of hydrogen-bond acceptors (Lipinski definition) is 4. The van der Waals surface area contributed by atoms with Gasteiger partial charge in [0, 0.05) is 23.5 Å². The van der Waals surface area contributed by atoms with Crippen molar-refractivity contribution in [2.45, 2.75) is 31.3 Å². The number of aromatic nitrogens is 1. The van der Waals surface area contributed by atoms with Gasteiger partial charge >= 0.3 is 5.97 Å². The van der Waals surface area contributed by atoms with Gasteiger partial charge in [-0.1, -0.05) is 0 Å². The fourth-order valence-electron chi connectivity index (χ4n) is 2.65. The van der Waals surface area contributed by atoms with Crippen LogP contribution in [0.15, 0.2) is 24.0 Å². The summed E-state index contributed by atoms with van der Waals surface area (Å²) in [5.74, 6) is 1.68. The third-order valence-corrected chi connectivity index (χ3v) is 3.63. The van der Waals surface area contributed by atoms with Gasteiger partial charge in [-0.25, -0.2) is 9.59 Å². The highest BCUT2D eigenvalue weighted by Crippen LogP contribution is 2.47. The van der Waals surface area contributed by atoms with E-state index >= 15 is 0 Å². The number of carbonyl (C=O) groups is 1. The Morgan fingerprint density at radius 2 is 2.12 bits per heavy atom. The second-order valence-electron chi connectivity index (χ2n) is 4.51. The number of nitrogens with zero attached hydrogens (tertiary/aromatic N) is 1. The van der Waals surface area contributed by atoms with Crippen molar-refractivity contribution >= 4 is 11.9 Å². The smallest absolute Gasteiger partial charge is 0.339 e. The number of fused-ring (bicyclic) bond motifs is 2. The first-order chi connectivity index (χ1) is 8.25. The van der Waals surface area contributed by atoms with E-state index in [0.29, 0.717) is 31.2 Å². The fraction of sp³-hybridized carbons (Fsp3) is 0.385. The average molecular weight is 229 g/mol. The molecule has 1 aromatic heterocycles. The number of ether oxygens (including phenoxy) is 1. The van der Waals surface area contributed by atoms with E-state index in [2.05, 4.69) is 4.98 Å². The molecule has 4 nitrogen and oxygen atoms in total. The van der Waals surface area contributed by atoms with Crippen LogP contribution >= 0.6 is 0 Å². The van der Waals surface area contributed by atoms with Crippen LogP contribution in [0.25, 0.3) is 0 Å². The van der Waals surface area contributed by atoms with Crippen LogP contribution in [0, 0.1) is 0 Å². The first-order valence-electron chi connectivity index (χ1n) is 5.66. The summed E-state index contributed by atoms with van der Waals surface area (Å²) in [6.07, 6.45) is 5.90. The molecule has 0 aromatic carbocycles. The van der Waals surface area contributed by atoms with E-state index in [0.717, 1.165) is 11.1 Å². The van der Waals surface area contributed by atoms with E-state index in [4.69, 9.17) is 4.74 Å². The van der Waals surface area contributed by atoms with Crippen LogP contribution in [-0.4, -0.2) is 16.9 Å². The lowest BCUT2D eigenvalue weighted by atomic mass is 9.78. The van der Waals surface area contributed by atoms with E-state index < -0.39 is 5.60 Å². The Bertz CT molecular complexity index is 533. The van der Waals surface area contributed by atoms with Crippen LogP contribution in [0.4, 0.5) is 0 Å². The summed E-state index contributed by atoms with van der Waals surface area (Å²) in [6.45, 7) is 0. The molecule has 86 valence electrons. The van der Waals surface area contributed by atoms with Crippen molar-refractivity contribution in [2.75, 3.05) is 0 Å². The van der Waals surface area contributed by atoms with Crippen LogP contribution in [0.1, 0.15) is 41.6 Å². The van der Waals surface area contributed by atoms with Crippen LogP contribution in [0.5, 0.6) is 0 Å². The summed E-state index contributed by atoms with van der Waals surface area (Å²) in [7, 11) is 0. The Morgan fingerprint density at radius 1 is 1.35 bits per heavy atom. The van der Waals surface area contributed by atoms with Crippen molar-refractivity contribution in [3.8, 4) is 0 Å². The molecule has 1 aromatic rings. The van der Waals surface area contributed by atoms with Crippen LogP contribution in [-0.2, 0) is 15.1 Å². The van der Waals surface area contributed by atoms with Crippen molar-refractivity contribution in [2.24, 2.45) is 0 Å². The SMILES string of the molecule is O=C=C1CCC2(CC1)OC(=O)c1ccncc12. The lowest BCUT2D eigenvalue weighted by Crippen LogP contribution is -2.29. The van der Waals surface area contributed by atoms with Crippen LogP contribution < -0.4 is 0 Å². The Balaban J connectivity index is 2.02. The van der Waals surface area contributed by atoms with Gasteiger partial charge in [0.2, 0.25) is 0 Å². The Labute approximate surface area is 98.3 Å². The van der Waals surface area contributed by atoms with Gasteiger partial charge in [0.05, 0.1) is 5.56 Å². The maximum Gasteiger partial charge on any atom is 0.339 e. The Kier molecular flexibility index (Phi) is 2.13. The molecule has 0 radical (unpaired) electrons. The summed E-state index contributed by atoms with van der Waals surface area (Å²) < 4.78 is 5.53. The molecule has 1 spiro atoms. The number of allylic oxidation sites excluding steroid dienone is 1. The summed E-state index contributed by atoms with van der Waals surface area (Å²) in [5.41, 5.74) is 1.71. The Hall–Kier alpha value is -1.93. The largest absolute Gasteiger partial charge is 0.450 e. The molecule has 1 saturated carbocycles. The summed E-state index contributed by atoms with van der Waals surface area (Å²) in [5, 5.41) is 0. The predicted octanol–water partition coefficient (Wildman–Crippen LogP) is 1.78. The predicted molar refractivity (Wildman–Crippen MR) is 59.0 cm³/mol. The topological polar surface area (TPSA) is 56.3 Å². The maximum atomic E-state index is 11.8. The van der Waals surface area contributed by atoms with Gasteiger partial charge in [0.25, 0.3) is 0 Å². The quantitative estimate of drug-likeness (QED) is 0.502. The molecule has 17 heavy (non-hydrogen) atoms. The first-order valence-corrected chi connectivity index (χ1v) is 5.66. The van der Waals surface area contributed by atoms with Crippen molar-refractivity contribution in [1.29, 1.82) is 0 Å². The molecule has 2 aliphatic rings. The minimum absolute atomic E-state index is 0.277. The molecule has 3 rings (SSSR count). The second kappa shape index (κ2) is 3.54. The van der Waals surface area contributed by atoms with Gasteiger partial charge in [0.15, 0.2) is 0 Å². The van der Waals surface area contributed by atoms with Gasteiger partial charge in [-0.2, -0.15) is 0 Å². The molecule has 0 saturated heterocycles. The van der Waals surface area contributed by atoms with E-state index in [1.807, 2.05) is 5.94 Å². The molecule has 0 atom stereocenters. The number of hydrogen-bond donors (Lipinski definition) is 0. The van der Waals surface area contributed by atoms with E-state index in [1.54, 1.807) is 18.5 Å². The van der Waals surface area contributed by atoms with Crippen LogP contribution in [0.2, 0.25) is 0 Å². The van der Waals surface area contributed by atoms with Crippen molar-refractivity contribution in [3.63, 3.8) is 0 Å². The van der Waals surface area contributed by atoms with Crippen LogP contribution in [0.3, 0.4) is 0 Å². The lowest BCUT2D eigenvalue weighted by molar-refractivity contribution is -0.0224. The van der Waals surface area contributed by atoms with Gasteiger partial charge in [0.1, 0.15) is 11.5 Å². The molecule has 0 N–H and O–H groups in total. The van der Waals surface area contributed by atoms with Crippen molar-refractivity contribution < 1.29 is 14.3 Å². The van der Waals surface area contributed by atoms with Crippen molar-refractivity contribution in [3.05, 3.63) is 35.2 Å².